The highest BCUT2D eigenvalue weighted by molar-refractivity contribution is 8.40. The van der Waals surface area contributed by atoms with Gasteiger partial charge in [-0.25, -0.2) is 0 Å². The molecule has 0 amide bonds. The molecule has 0 aromatic rings. The third-order valence-corrected chi connectivity index (χ3v) is 9.44. The Morgan fingerprint density at radius 1 is 1.24 bits per heavy atom. The topological polar surface area (TPSA) is 37.3 Å². The van der Waals surface area contributed by atoms with Crippen LogP contribution < -0.4 is 0 Å². The van der Waals surface area contributed by atoms with Gasteiger partial charge in [0.05, 0.1) is 22.7 Å². The van der Waals surface area contributed by atoms with Crippen molar-refractivity contribution in [3.8, 4) is 0 Å². The molecule has 0 atom stereocenters. The maximum atomic E-state index is 10.5. The van der Waals surface area contributed by atoms with Gasteiger partial charge in [0.1, 0.15) is 0 Å². The second-order valence-electron chi connectivity index (χ2n) is 2.78. The summed E-state index contributed by atoms with van der Waals surface area (Å²) in [6.45, 7) is 0. The molecule has 0 bridgehead atoms. The molecule has 0 aromatic carbocycles. The number of carboxylic acid groups (broad SMARTS) is 1. The van der Waals surface area contributed by atoms with E-state index in [1.54, 1.807) is 58.8 Å². The van der Waals surface area contributed by atoms with Gasteiger partial charge >= 0.3 is 5.97 Å². The summed E-state index contributed by atoms with van der Waals surface area (Å²) < 4.78 is 4.99. The van der Waals surface area contributed by atoms with Gasteiger partial charge in [-0.1, -0.05) is 47.0 Å². The van der Waals surface area contributed by atoms with E-state index >= 15 is 0 Å². The molecule has 0 aliphatic carbocycles. The smallest absolute Gasteiger partial charge is 0.313 e. The number of hydrogen-bond donors (Lipinski definition) is 1. The van der Waals surface area contributed by atoms with Gasteiger partial charge < -0.3 is 5.11 Å². The van der Waals surface area contributed by atoms with E-state index in [0.717, 1.165) is 4.24 Å². The summed E-state index contributed by atoms with van der Waals surface area (Å²) in [5.41, 5.74) is 0. The summed E-state index contributed by atoms with van der Waals surface area (Å²) >= 11 is 10.1. The monoisotopic (exact) mass is 340 g/mol. The van der Waals surface area contributed by atoms with Crippen molar-refractivity contribution in [1.29, 1.82) is 0 Å². The predicted octanol–water partition coefficient (Wildman–Crippen LogP) is 4.85. The highest BCUT2D eigenvalue weighted by Gasteiger charge is 2.22. The van der Waals surface area contributed by atoms with Crippen LogP contribution in [-0.4, -0.2) is 23.1 Å². The Bertz CT molecular complexity index is 425. The highest BCUT2D eigenvalue weighted by atomic mass is 32.2. The van der Waals surface area contributed by atoms with Gasteiger partial charge in [-0.2, -0.15) is 0 Å². The van der Waals surface area contributed by atoms with Crippen LogP contribution in [0.4, 0.5) is 0 Å². The summed E-state index contributed by atoms with van der Waals surface area (Å²) in [6.07, 6.45) is 2.08. The van der Waals surface area contributed by atoms with E-state index in [0.29, 0.717) is 0 Å². The molecule has 2 rings (SSSR count). The van der Waals surface area contributed by atoms with Crippen LogP contribution in [-0.2, 0) is 4.79 Å². The molecule has 92 valence electrons. The lowest BCUT2D eigenvalue weighted by molar-refractivity contribution is -0.133. The molecule has 0 saturated heterocycles. The van der Waals surface area contributed by atoms with E-state index in [2.05, 4.69) is 11.7 Å². The van der Waals surface area contributed by atoms with Gasteiger partial charge in [0.25, 0.3) is 0 Å². The van der Waals surface area contributed by atoms with Crippen molar-refractivity contribution in [1.82, 2.24) is 0 Å². The summed E-state index contributed by atoms with van der Waals surface area (Å²) in [6, 6.07) is 0. The largest absolute Gasteiger partial charge is 0.481 e. The Labute approximate surface area is 125 Å². The quantitative estimate of drug-likeness (QED) is 0.778. The third kappa shape index (κ3) is 4.14. The zero-order valence-corrected chi connectivity index (χ0v) is 13.6. The van der Waals surface area contributed by atoms with Gasteiger partial charge in [-0.3, -0.25) is 4.79 Å². The van der Waals surface area contributed by atoms with Crippen molar-refractivity contribution in [2.45, 2.75) is 0 Å². The molecule has 2 aliphatic rings. The fourth-order valence-electron chi connectivity index (χ4n) is 0.948. The van der Waals surface area contributed by atoms with Crippen LogP contribution in [0.15, 0.2) is 27.8 Å². The van der Waals surface area contributed by atoms with Crippen molar-refractivity contribution in [2.75, 3.05) is 12.0 Å². The second kappa shape index (κ2) is 6.81. The molecule has 2 heterocycles. The number of thioether (sulfide) groups is 6. The lowest BCUT2D eigenvalue weighted by Gasteiger charge is -2.02. The first-order valence-corrected chi connectivity index (χ1v) is 10.0. The molecule has 0 spiro atoms. The summed E-state index contributed by atoms with van der Waals surface area (Å²) in [5.74, 6) is -0.630. The van der Waals surface area contributed by atoms with Crippen molar-refractivity contribution in [2.24, 2.45) is 0 Å². The fraction of sp³-hybridized carbons (Fsp3) is 0.222. The molecule has 1 N–H and O–H groups in total. The SMILES string of the molecule is CSC1=CS/C(=C2\SC=C(SCC(=O)O)S2)S1. The van der Waals surface area contributed by atoms with Gasteiger partial charge in [-0.05, 0) is 17.1 Å². The van der Waals surface area contributed by atoms with Crippen LogP contribution in [0.25, 0.3) is 0 Å². The summed E-state index contributed by atoms with van der Waals surface area (Å²) in [5, 5.41) is 12.8. The molecule has 0 aromatic heterocycles. The molecule has 17 heavy (non-hydrogen) atoms. The van der Waals surface area contributed by atoms with E-state index in [-0.39, 0.29) is 5.75 Å². The Kier molecular flexibility index (Phi) is 5.69. The van der Waals surface area contributed by atoms with E-state index in [1.807, 2.05) is 5.41 Å². The van der Waals surface area contributed by atoms with Gasteiger partial charge in [0.2, 0.25) is 0 Å². The molecule has 0 unspecified atom stereocenters. The first-order chi connectivity index (χ1) is 8.19. The average molecular weight is 341 g/mol. The third-order valence-electron chi connectivity index (χ3n) is 1.62. The molecule has 2 nitrogen and oxygen atoms in total. The maximum Gasteiger partial charge on any atom is 0.313 e. The second-order valence-corrected chi connectivity index (χ2v) is 9.54. The van der Waals surface area contributed by atoms with Crippen LogP contribution in [0, 0.1) is 0 Å². The standard InChI is InChI=1S/C9H8O2S6/c1-12-6-3-14-8(16-6)9-15-4-7(17-9)13-2-5(10)11/h3-4H,2H2,1H3,(H,10,11)/b9-8-. The number of hydrogen-bond acceptors (Lipinski definition) is 7. The first-order valence-electron chi connectivity index (χ1n) is 4.41. The van der Waals surface area contributed by atoms with Crippen LogP contribution in [0.5, 0.6) is 0 Å². The summed E-state index contributed by atoms with van der Waals surface area (Å²) in [4.78, 5) is 10.5. The first kappa shape index (κ1) is 14.2. The lowest BCUT2D eigenvalue weighted by atomic mass is 10.8. The number of carbonyl (C=O) groups is 1. The summed E-state index contributed by atoms with van der Waals surface area (Å²) in [7, 11) is 0. The van der Waals surface area contributed by atoms with E-state index in [1.165, 1.54) is 24.5 Å². The number of rotatable bonds is 4. The number of carboxylic acids is 1. The molecular weight excluding hydrogens is 332 g/mol. The van der Waals surface area contributed by atoms with E-state index < -0.39 is 5.97 Å². The molecule has 8 heteroatoms. The van der Waals surface area contributed by atoms with Crippen molar-refractivity contribution >= 4 is 76.5 Å². The minimum Gasteiger partial charge on any atom is -0.481 e. The molecular formula is C9H8O2S6. The Morgan fingerprint density at radius 2 is 1.82 bits per heavy atom. The fourth-order valence-corrected chi connectivity index (χ4v) is 7.82. The average Bonchev–Trinajstić information content (AvgIpc) is 2.94. The van der Waals surface area contributed by atoms with E-state index in [9.17, 15) is 4.79 Å². The predicted molar refractivity (Wildman–Crippen MR) is 87.2 cm³/mol. The lowest BCUT2D eigenvalue weighted by Crippen LogP contribution is -1.96. The normalized spacial score (nSPS) is 23.8. The van der Waals surface area contributed by atoms with Crippen molar-refractivity contribution in [3.05, 3.63) is 27.8 Å². The Balaban J connectivity index is 1.88. The molecule has 0 radical (unpaired) electrons. The molecule has 0 fully saturated rings. The van der Waals surface area contributed by atoms with Crippen molar-refractivity contribution in [3.63, 3.8) is 0 Å². The molecule has 2 aliphatic heterocycles. The maximum absolute atomic E-state index is 10.5. The zero-order chi connectivity index (χ0) is 12.3. The van der Waals surface area contributed by atoms with Crippen LogP contribution in [0.1, 0.15) is 0 Å². The van der Waals surface area contributed by atoms with Crippen LogP contribution in [0.2, 0.25) is 0 Å². The molecule has 0 saturated carbocycles. The van der Waals surface area contributed by atoms with Crippen LogP contribution in [0.3, 0.4) is 0 Å². The van der Waals surface area contributed by atoms with Gasteiger partial charge in [-0.15, -0.1) is 23.5 Å². The number of aliphatic carboxylic acids is 1. The van der Waals surface area contributed by atoms with Crippen molar-refractivity contribution < 1.29 is 9.90 Å². The van der Waals surface area contributed by atoms with Gasteiger partial charge in [0, 0.05) is 0 Å². The Morgan fingerprint density at radius 3 is 2.35 bits per heavy atom. The van der Waals surface area contributed by atoms with Gasteiger partial charge in [0.15, 0.2) is 0 Å². The Hall–Kier alpha value is 0.790. The zero-order valence-electron chi connectivity index (χ0n) is 8.67. The van der Waals surface area contributed by atoms with E-state index in [4.69, 9.17) is 5.11 Å². The minimum absolute atomic E-state index is 0.136. The minimum atomic E-state index is -0.765. The van der Waals surface area contributed by atoms with Crippen LogP contribution >= 0.6 is 70.6 Å². The highest BCUT2D eigenvalue weighted by Crippen LogP contribution is 2.58.